The second kappa shape index (κ2) is 22.8. The Balaban J connectivity index is 1.89. The predicted molar refractivity (Wildman–Crippen MR) is 218 cm³/mol. The minimum atomic E-state index is -1.67. The van der Waals surface area contributed by atoms with Crippen molar-refractivity contribution in [3.8, 4) is 5.75 Å². The maximum absolute atomic E-state index is 14.2. The number of aliphatic carboxylic acids is 1. The summed E-state index contributed by atoms with van der Waals surface area (Å²) in [5.74, 6) is -5.16. The number of hydrogen-bond donors (Lipinski definition) is 9. The summed E-state index contributed by atoms with van der Waals surface area (Å²) in [6.07, 6.45) is -0.954. The summed E-state index contributed by atoms with van der Waals surface area (Å²) in [5.41, 5.74) is 8.25. The first kappa shape index (κ1) is 46.6. The summed E-state index contributed by atoms with van der Waals surface area (Å²) in [7, 11) is 0. The van der Waals surface area contributed by atoms with E-state index in [9.17, 15) is 44.1 Å². The van der Waals surface area contributed by atoms with Crippen molar-refractivity contribution in [3.63, 3.8) is 0 Å². The number of carbonyl (C=O) groups is 6. The van der Waals surface area contributed by atoms with Crippen LogP contribution in [0.4, 0.5) is 0 Å². The van der Waals surface area contributed by atoms with Gasteiger partial charge in [0.15, 0.2) is 6.04 Å². The molecular formula is C43H58N6O9. The zero-order valence-corrected chi connectivity index (χ0v) is 33.7. The van der Waals surface area contributed by atoms with Gasteiger partial charge in [0.25, 0.3) is 0 Å². The Morgan fingerprint density at radius 1 is 0.517 bits per heavy atom. The van der Waals surface area contributed by atoms with Gasteiger partial charge in [-0.2, -0.15) is 0 Å². The zero-order chi connectivity index (χ0) is 42.9. The number of hydrogen-bond acceptors (Lipinski definition) is 9. The van der Waals surface area contributed by atoms with E-state index in [1.54, 1.807) is 42.5 Å². The van der Waals surface area contributed by atoms with Gasteiger partial charge in [0.1, 0.15) is 29.9 Å². The van der Waals surface area contributed by atoms with Crippen LogP contribution >= 0.6 is 0 Å². The van der Waals surface area contributed by atoms with Crippen molar-refractivity contribution in [3.05, 3.63) is 102 Å². The van der Waals surface area contributed by atoms with Gasteiger partial charge in [0, 0.05) is 12.8 Å². The smallest absolute Gasteiger partial charge is 0.328 e. The molecule has 58 heavy (non-hydrogen) atoms. The summed E-state index contributed by atoms with van der Waals surface area (Å²) >= 11 is 0. The molecule has 0 aliphatic heterocycles. The third-order valence-corrected chi connectivity index (χ3v) is 9.29. The van der Waals surface area contributed by atoms with Crippen LogP contribution in [0.15, 0.2) is 84.9 Å². The number of phenols is 1. The van der Waals surface area contributed by atoms with Crippen LogP contribution in [0.5, 0.6) is 5.75 Å². The molecule has 5 amide bonds. The summed E-state index contributed by atoms with van der Waals surface area (Å²) in [6.45, 7) is 8.69. The molecule has 7 atom stereocenters. The Bertz CT molecular complexity index is 1810. The van der Waals surface area contributed by atoms with Crippen LogP contribution in [0, 0.1) is 11.8 Å². The highest BCUT2D eigenvalue weighted by Gasteiger charge is 2.34. The number of aromatic hydroxyl groups is 1. The van der Waals surface area contributed by atoms with E-state index in [4.69, 9.17) is 5.73 Å². The monoisotopic (exact) mass is 802 g/mol. The molecule has 0 radical (unpaired) electrons. The van der Waals surface area contributed by atoms with Crippen molar-refractivity contribution in [2.45, 2.75) is 109 Å². The van der Waals surface area contributed by atoms with E-state index in [1.165, 1.54) is 19.1 Å². The highest BCUT2D eigenvalue weighted by molar-refractivity contribution is 5.96. The molecule has 0 fully saturated rings. The fourth-order valence-corrected chi connectivity index (χ4v) is 6.24. The van der Waals surface area contributed by atoms with Gasteiger partial charge in [-0.05, 0) is 66.8 Å². The summed E-state index contributed by atoms with van der Waals surface area (Å²) in [5, 5.41) is 42.7. The topological polar surface area (TPSA) is 249 Å². The third kappa shape index (κ3) is 15.6. The molecule has 10 N–H and O–H groups in total. The largest absolute Gasteiger partial charge is 0.508 e. The Morgan fingerprint density at radius 2 is 0.879 bits per heavy atom. The number of aliphatic hydroxyl groups is 1. The first-order valence-corrected chi connectivity index (χ1v) is 19.5. The number of nitrogens with two attached hydrogens (primary N) is 1. The number of amides is 5. The van der Waals surface area contributed by atoms with E-state index in [0.717, 1.165) is 5.56 Å². The quantitative estimate of drug-likeness (QED) is 0.0712. The third-order valence-electron chi connectivity index (χ3n) is 9.29. The van der Waals surface area contributed by atoms with Crippen molar-refractivity contribution in [2.24, 2.45) is 17.6 Å². The minimum absolute atomic E-state index is 0.0236. The number of carbonyl (C=O) groups excluding carboxylic acids is 5. The SMILES string of the molecule is CC(C)C[C@H](NC(=O)[C@H](CC(C)C)NC(=O)[C@@H](N)Cc1ccccc1)C(=O)N[C@@H](Cc1ccc(O)cc1)C(=O)N[C@@H](Cc1ccccc1)C(=O)N[C@H](C(=O)O)[C@@H](C)O. The number of aliphatic hydroxyl groups excluding tert-OH is 1. The van der Waals surface area contributed by atoms with E-state index >= 15 is 0 Å². The molecule has 3 rings (SSSR count). The number of carboxylic acids is 1. The van der Waals surface area contributed by atoms with E-state index in [1.807, 2.05) is 58.0 Å². The van der Waals surface area contributed by atoms with Crippen LogP contribution in [0.1, 0.15) is 64.2 Å². The molecule has 0 bridgehead atoms. The van der Waals surface area contributed by atoms with Crippen molar-refractivity contribution in [1.29, 1.82) is 0 Å². The standard InChI is InChI=1S/C43H58N6O9/c1-25(2)20-33(45-38(52)32(44)22-28-12-8-6-9-13-28)39(53)46-34(21-26(3)4)40(54)47-35(24-30-16-18-31(51)19-17-30)41(55)48-36(23-29-14-10-7-11-15-29)42(56)49-37(27(5)50)43(57)58/h6-19,25-27,32-37,50-51H,20-24,44H2,1-5H3,(H,45,52)(H,46,53)(H,47,54)(H,48,55)(H,49,56)(H,57,58)/t27-,32+,33+,34+,35+,36+,37+/m1/s1. The molecule has 15 nitrogen and oxygen atoms in total. The first-order valence-electron chi connectivity index (χ1n) is 19.5. The Morgan fingerprint density at radius 3 is 1.29 bits per heavy atom. The average molecular weight is 803 g/mol. The number of phenolic OH excluding ortho intramolecular Hbond substituents is 1. The lowest BCUT2D eigenvalue weighted by Gasteiger charge is -2.28. The van der Waals surface area contributed by atoms with Gasteiger partial charge >= 0.3 is 5.97 Å². The molecule has 0 aliphatic rings. The molecule has 3 aromatic rings. The van der Waals surface area contributed by atoms with Gasteiger partial charge in [-0.3, -0.25) is 24.0 Å². The lowest BCUT2D eigenvalue weighted by molar-refractivity contribution is -0.145. The van der Waals surface area contributed by atoms with Crippen molar-refractivity contribution >= 4 is 35.5 Å². The lowest BCUT2D eigenvalue weighted by Crippen LogP contribution is -2.60. The minimum Gasteiger partial charge on any atom is -0.508 e. The second-order valence-corrected chi connectivity index (χ2v) is 15.4. The average Bonchev–Trinajstić information content (AvgIpc) is 3.16. The molecule has 15 heteroatoms. The molecule has 314 valence electrons. The molecule has 0 saturated heterocycles. The van der Waals surface area contributed by atoms with Crippen molar-refractivity contribution in [2.75, 3.05) is 0 Å². The molecule has 0 spiro atoms. The van der Waals surface area contributed by atoms with Crippen LogP contribution < -0.4 is 32.3 Å². The predicted octanol–water partition coefficient (Wildman–Crippen LogP) is 1.73. The maximum Gasteiger partial charge on any atom is 0.328 e. The highest BCUT2D eigenvalue weighted by Crippen LogP contribution is 2.15. The van der Waals surface area contributed by atoms with Crippen LogP contribution in [-0.2, 0) is 48.0 Å². The fraction of sp³-hybridized carbons (Fsp3) is 0.442. The second-order valence-electron chi connectivity index (χ2n) is 15.4. The van der Waals surface area contributed by atoms with Crippen LogP contribution in [-0.4, -0.2) is 93.2 Å². The van der Waals surface area contributed by atoms with E-state index in [0.29, 0.717) is 11.1 Å². The van der Waals surface area contributed by atoms with Gasteiger partial charge in [0.05, 0.1) is 12.1 Å². The highest BCUT2D eigenvalue weighted by atomic mass is 16.4. The number of carboxylic acid groups (broad SMARTS) is 1. The Hall–Kier alpha value is -5.80. The number of benzene rings is 3. The summed E-state index contributed by atoms with van der Waals surface area (Å²) < 4.78 is 0. The molecule has 0 saturated carbocycles. The number of nitrogens with one attached hydrogen (secondary N) is 5. The van der Waals surface area contributed by atoms with E-state index in [-0.39, 0.29) is 49.7 Å². The van der Waals surface area contributed by atoms with Crippen LogP contribution in [0.2, 0.25) is 0 Å². The van der Waals surface area contributed by atoms with Gasteiger partial charge in [-0.1, -0.05) is 100 Å². The molecule has 3 aromatic carbocycles. The Kier molecular flexibility index (Phi) is 18.3. The van der Waals surface area contributed by atoms with Gasteiger partial charge in [0.2, 0.25) is 29.5 Å². The fourth-order valence-electron chi connectivity index (χ4n) is 6.24. The lowest BCUT2D eigenvalue weighted by atomic mass is 9.98. The Labute approximate surface area is 339 Å². The molecule has 0 heterocycles. The van der Waals surface area contributed by atoms with E-state index < -0.39 is 77.9 Å². The molecular weight excluding hydrogens is 745 g/mol. The van der Waals surface area contributed by atoms with Crippen molar-refractivity contribution in [1.82, 2.24) is 26.6 Å². The van der Waals surface area contributed by atoms with Crippen molar-refractivity contribution < 1.29 is 44.1 Å². The first-order chi connectivity index (χ1) is 27.4. The maximum atomic E-state index is 14.2. The molecule has 0 aromatic heterocycles. The zero-order valence-electron chi connectivity index (χ0n) is 33.7. The molecule has 0 aliphatic carbocycles. The van der Waals surface area contributed by atoms with Gasteiger partial charge in [-0.25, -0.2) is 4.79 Å². The van der Waals surface area contributed by atoms with Crippen LogP contribution in [0.25, 0.3) is 0 Å². The van der Waals surface area contributed by atoms with Crippen LogP contribution in [0.3, 0.4) is 0 Å². The molecule has 0 unspecified atom stereocenters. The van der Waals surface area contributed by atoms with Gasteiger partial charge < -0.3 is 47.6 Å². The van der Waals surface area contributed by atoms with Gasteiger partial charge in [-0.15, -0.1) is 0 Å². The summed E-state index contributed by atoms with van der Waals surface area (Å²) in [4.78, 5) is 80.7. The normalized spacial score (nSPS) is 14.8. The summed E-state index contributed by atoms with van der Waals surface area (Å²) in [6, 6.07) is 16.4. The van der Waals surface area contributed by atoms with E-state index in [2.05, 4.69) is 26.6 Å². The number of rotatable bonds is 22.